The van der Waals surface area contributed by atoms with Gasteiger partial charge in [-0.3, -0.25) is 0 Å². The van der Waals surface area contributed by atoms with Gasteiger partial charge >= 0.3 is 6.09 Å². The van der Waals surface area contributed by atoms with Gasteiger partial charge in [-0.05, 0) is 82.7 Å². The van der Waals surface area contributed by atoms with Crippen LogP contribution < -0.4 is 0 Å². The maximum atomic E-state index is 14.4. The molecular formula is C28H30Cl2F2N4O2. The Morgan fingerprint density at radius 1 is 1.05 bits per heavy atom. The molecule has 0 unspecified atom stereocenters. The molecule has 2 aromatic carbocycles. The maximum absolute atomic E-state index is 14.4. The van der Waals surface area contributed by atoms with E-state index in [4.69, 9.17) is 27.9 Å². The Labute approximate surface area is 230 Å². The minimum atomic E-state index is -0.904. The van der Waals surface area contributed by atoms with Crippen molar-refractivity contribution in [1.29, 1.82) is 0 Å². The fourth-order valence-corrected chi connectivity index (χ4v) is 5.62. The molecule has 202 valence electrons. The van der Waals surface area contributed by atoms with Gasteiger partial charge in [-0.15, -0.1) is 10.2 Å². The van der Waals surface area contributed by atoms with Crippen molar-refractivity contribution in [3.8, 4) is 11.4 Å². The molecule has 2 fully saturated rings. The minimum Gasteiger partial charge on any atom is -0.444 e. The van der Waals surface area contributed by atoms with Gasteiger partial charge in [-0.25, -0.2) is 13.6 Å². The van der Waals surface area contributed by atoms with Crippen molar-refractivity contribution in [2.75, 3.05) is 6.54 Å². The van der Waals surface area contributed by atoms with Gasteiger partial charge in [-0.2, -0.15) is 0 Å². The third kappa shape index (κ3) is 5.25. The highest BCUT2D eigenvalue weighted by atomic mass is 35.5. The second kappa shape index (κ2) is 10.1. The summed E-state index contributed by atoms with van der Waals surface area (Å²) in [4.78, 5) is 14.9. The van der Waals surface area contributed by atoms with E-state index < -0.39 is 23.3 Å². The highest BCUT2D eigenvalue weighted by Crippen LogP contribution is 2.47. The summed E-state index contributed by atoms with van der Waals surface area (Å²) in [5.41, 5.74) is 0.660. The molecule has 1 aliphatic heterocycles. The van der Waals surface area contributed by atoms with Crippen LogP contribution in [0.15, 0.2) is 36.4 Å². The smallest absolute Gasteiger partial charge is 0.410 e. The number of amides is 1. The fraction of sp³-hybridized carbons (Fsp3) is 0.464. The molecule has 1 aliphatic carbocycles. The lowest BCUT2D eigenvalue weighted by Crippen LogP contribution is -2.49. The van der Waals surface area contributed by atoms with Crippen LogP contribution in [0.25, 0.3) is 11.4 Å². The molecule has 0 bridgehead atoms. The highest BCUT2D eigenvalue weighted by molar-refractivity contribution is 6.43. The van der Waals surface area contributed by atoms with Crippen molar-refractivity contribution in [2.24, 2.45) is 0 Å². The predicted octanol–water partition coefficient (Wildman–Crippen LogP) is 7.76. The first-order valence-electron chi connectivity index (χ1n) is 12.8. The number of halogens is 4. The molecule has 2 heterocycles. The zero-order valence-corrected chi connectivity index (χ0v) is 23.2. The number of ether oxygens (including phenoxy) is 1. The molecule has 1 aromatic heterocycles. The zero-order chi connectivity index (χ0) is 27.4. The van der Waals surface area contributed by atoms with Gasteiger partial charge in [0.15, 0.2) is 17.5 Å². The summed E-state index contributed by atoms with van der Waals surface area (Å²) in [7, 11) is 0. The molecule has 1 saturated carbocycles. The van der Waals surface area contributed by atoms with Crippen molar-refractivity contribution in [3.63, 3.8) is 0 Å². The lowest BCUT2D eigenvalue weighted by Gasteiger charge is -2.43. The van der Waals surface area contributed by atoms with E-state index in [9.17, 15) is 13.6 Å². The summed E-state index contributed by atoms with van der Waals surface area (Å²) in [6, 6.07) is 9.36. The summed E-state index contributed by atoms with van der Waals surface area (Å²) >= 11 is 12.9. The van der Waals surface area contributed by atoms with E-state index in [1.165, 1.54) is 6.07 Å². The summed E-state index contributed by atoms with van der Waals surface area (Å²) in [6.45, 7) is 7.70. The molecule has 3 atom stereocenters. The number of rotatable bonds is 4. The number of aromatic nitrogens is 3. The molecular weight excluding hydrogens is 533 g/mol. The maximum Gasteiger partial charge on any atom is 0.410 e. The molecule has 5 rings (SSSR count). The molecule has 38 heavy (non-hydrogen) atoms. The lowest BCUT2D eigenvalue weighted by atomic mass is 9.77. The van der Waals surface area contributed by atoms with Gasteiger partial charge < -0.3 is 14.2 Å². The van der Waals surface area contributed by atoms with Crippen LogP contribution in [-0.2, 0) is 4.74 Å². The monoisotopic (exact) mass is 562 g/mol. The normalized spacial score (nSPS) is 22.0. The molecule has 3 aromatic rings. The number of likely N-dealkylation sites (tertiary alicyclic amines) is 1. The average Bonchev–Trinajstić information content (AvgIpc) is 3.59. The van der Waals surface area contributed by atoms with Gasteiger partial charge in [0.2, 0.25) is 0 Å². The van der Waals surface area contributed by atoms with E-state index in [1.807, 2.05) is 39.8 Å². The summed E-state index contributed by atoms with van der Waals surface area (Å²) in [5, 5.41) is 9.96. The van der Waals surface area contributed by atoms with Crippen LogP contribution in [0.4, 0.5) is 13.6 Å². The van der Waals surface area contributed by atoms with Crippen LogP contribution in [0.5, 0.6) is 0 Å². The largest absolute Gasteiger partial charge is 0.444 e. The molecule has 0 spiro atoms. The zero-order valence-electron chi connectivity index (χ0n) is 21.7. The number of piperidine rings is 1. The van der Waals surface area contributed by atoms with Crippen LogP contribution in [0.2, 0.25) is 10.0 Å². The van der Waals surface area contributed by atoms with Crippen LogP contribution >= 0.6 is 23.2 Å². The van der Waals surface area contributed by atoms with Crippen LogP contribution in [0.1, 0.15) is 76.2 Å². The van der Waals surface area contributed by atoms with Gasteiger partial charge in [0.1, 0.15) is 11.4 Å². The molecule has 1 amide bonds. The number of nitrogens with zero attached hydrogens (tertiary/aromatic N) is 4. The average molecular weight is 563 g/mol. The van der Waals surface area contributed by atoms with E-state index in [0.29, 0.717) is 39.2 Å². The number of carbonyl (C=O) groups is 1. The predicted molar refractivity (Wildman–Crippen MR) is 143 cm³/mol. The van der Waals surface area contributed by atoms with Crippen molar-refractivity contribution in [1.82, 2.24) is 19.7 Å². The Morgan fingerprint density at radius 2 is 1.79 bits per heavy atom. The second-order valence-electron chi connectivity index (χ2n) is 11.2. The first-order valence-corrected chi connectivity index (χ1v) is 13.5. The van der Waals surface area contributed by atoms with Gasteiger partial charge in [0.05, 0.1) is 10.0 Å². The van der Waals surface area contributed by atoms with Crippen molar-refractivity contribution >= 4 is 29.3 Å². The van der Waals surface area contributed by atoms with Crippen molar-refractivity contribution < 1.29 is 18.3 Å². The molecule has 0 N–H and O–H groups in total. The third-order valence-electron chi connectivity index (χ3n) is 7.16. The van der Waals surface area contributed by atoms with Crippen LogP contribution in [-0.4, -0.2) is 43.9 Å². The Bertz CT molecular complexity index is 1370. The number of carbonyl (C=O) groups excluding carboxylic acids is 1. The van der Waals surface area contributed by atoms with Crippen molar-refractivity contribution in [3.05, 3.63) is 69.5 Å². The first kappa shape index (κ1) is 26.9. The molecule has 0 radical (unpaired) electrons. The Kier molecular flexibility index (Phi) is 7.16. The van der Waals surface area contributed by atoms with Gasteiger partial charge in [-0.1, -0.05) is 35.3 Å². The summed E-state index contributed by atoms with van der Waals surface area (Å²) in [5.74, 6) is -1.11. The highest BCUT2D eigenvalue weighted by Gasteiger charge is 2.43. The van der Waals surface area contributed by atoms with E-state index in [0.717, 1.165) is 18.9 Å². The van der Waals surface area contributed by atoms with E-state index in [2.05, 4.69) is 14.8 Å². The van der Waals surface area contributed by atoms with Crippen molar-refractivity contribution in [2.45, 2.75) is 76.5 Å². The van der Waals surface area contributed by atoms with Gasteiger partial charge in [0.25, 0.3) is 0 Å². The SMILES string of the molecule is C[C@H]1C[C@H](c2ccc(F)c(F)c2)[C@@H](c2nnc(-c3cccc(Cl)c3Cl)n2C2CC2)CN1C(=O)OC(C)(C)C. The molecule has 10 heteroatoms. The summed E-state index contributed by atoms with van der Waals surface area (Å²) in [6.07, 6.45) is 1.99. The van der Waals surface area contributed by atoms with Crippen LogP contribution in [0.3, 0.4) is 0 Å². The quantitative estimate of drug-likeness (QED) is 0.326. The topological polar surface area (TPSA) is 60.2 Å². The Hall–Kier alpha value is -2.71. The number of hydrogen-bond donors (Lipinski definition) is 0. The molecule has 1 saturated heterocycles. The number of benzene rings is 2. The lowest BCUT2D eigenvalue weighted by molar-refractivity contribution is 0.00694. The van der Waals surface area contributed by atoms with E-state index in [1.54, 1.807) is 17.0 Å². The first-order chi connectivity index (χ1) is 17.9. The van der Waals surface area contributed by atoms with Crippen LogP contribution in [0, 0.1) is 11.6 Å². The summed E-state index contributed by atoms with van der Waals surface area (Å²) < 4.78 is 36.0. The third-order valence-corrected chi connectivity index (χ3v) is 7.98. The minimum absolute atomic E-state index is 0.171. The fourth-order valence-electron chi connectivity index (χ4n) is 5.24. The molecule has 6 nitrogen and oxygen atoms in total. The number of hydrogen-bond acceptors (Lipinski definition) is 4. The van der Waals surface area contributed by atoms with E-state index in [-0.39, 0.29) is 30.5 Å². The molecule has 2 aliphatic rings. The Morgan fingerprint density at radius 3 is 2.45 bits per heavy atom. The second-order valence-corrected chi connectivity index (χ2v) is 12.0. The van der Waals surface area contributed by atoms with E-state index >= 15 is 0 Å². The Balaban J connectivity index is 1.61. The standard InChI is InChI=1S/C28H30Cl2F2N4O2/c1-15-12-19(16-8-11-22(31)23(32)13-16)20(14-35(15)27(37)38-28(2,3)4)26-34-33-25(36(26)17-9-10-17)18-6-5-7-21(29)24(18)30/h5-8,11,13,15,17,19-20H,9-10,12,14H2,1-4H3/t15-,19+,20-/m0/s1. The van der Waals surface area contributed by atoms with Gasteiger partial charge in [0, 0.05) is 30.1 Å².